The third-order valence-electron chi connectivity index (χ3n) is 5.55. The van der Waals surface area contributed by atoms with Crippen molar-refractivity contribution in [2.45, 2.75) is 0 Å². The van der Waals surface area contributed by atoms with Crippen LogP contribution in [-0.4, -0.2) is 14.6 Å². The third-order valence-corrected chi connectivity index (χ3v) is 6.23. The maximum absolute atomic E-state index is 4.64. The van der Waals surface area contributed by atoms with E-state index in [1.165, 1.54) is 25.5 Å². The van der Waals surface area contributed by atoms with Gasteiger partial charge in [-0.1, -0.05) is 78.9 Å². The molecule has 0 aliphatic carbocycles. The van der Waals surface area contributed by atoms with Gasteiger partial charge in [-0.2, -0.15) is 0 Å². The Balaban J connectivity index is 1.84. The number of nitrogens with zero attached hydrogens (tertiary/aromatic N) is 3. The van der Waals surface area contributed by atoms with Crippen molar-refractivity contribution < 1.29 is 0 Å². The summed E-state index contributed by atoms with van der Waals surface area (Å²) in [6, 6.07) is 33.9. The Morgan fingerprint density at radius 2 is 1.37 bits per heavy atom. The molecule has 0 aliphatic rings. The summed E-state index contributed by atoms with van der Waals surface area (Å²) >= 11 is 2.39. The fourth-order valence-electron chi connectivity index (χ4n) is 4.25. The van der Waals surface area contributed by atoms with Gasteiger partial charge in [-0.15, -0.1) is 10.2 Å². The minimum absolute atomic E-state index is 0.865. The first-order valence-electron chi connectivity index (χ1n) is 9.81. The van der Waals surface area contributed by atoms with E-state index in [4.69, 9.17) is 0 Å². The van der Waals surface area contributed by atoms with Crippen molar-refractivity contribution in [3.63, 3.8) is 0 Å². The zero-order valence-electron chi connectivity index (χ0n) is 16.0. The van der Waals surface area contributed by atoms with E-state index in [1.54, 1.807) is 0 Å². The molecule has 0 unspecified atom stereocenters. The van der Waals surface area contributed by atoms with Gasteiger partial charge in [0.2, 0.25) is 0 Å². The van der Waals surface area contributed by atoms with Crippen molar-refractivity contribution in [1.29, 1.82) is 0 Å². The van der Waals surface area contributed by atoms with Gasteiger partial charge >= 0.3 is 0 Å². The Labute approximate surface area is 187 Å². The predicted octanol–water partition coefficient (Wildman–Crippen LogP) is 6.97. The Kier molecular flexibility index (Phi) is 4.06. The quantitative estimate of drug-likeness (QED) is 0.191. The lowest BCUT2D eigenvalue weighted by Crippen LogP contribution is -1.96. The highest BCUT2D eigenvalue weighted by atomic mass is 127. The van der Waals surface area contributed by atoms with Crippen LogP contribution in [0.2, 0.25) is 0 Å². The maximum atomic E-state index is 4.64. The fraction of sp³-hybridized carbons (Fsp3) is 0. The predicted molar refractivity (Wildman–Crippen MR) is 132 cm³/mol. The van der Waals surface area contributed by atoms with Crippen LogP contribution in [0.5, 0.6) is 0 Å². The van der Waals surface area contributed by atoms with Gasteiger partial charge in [0, 0.05) is 25.3 Å². The molecule has 6 rings (SSSR count). The Morgan fingerprint density at radius 1 is 0.633 bits per heavy atom. The molecule has 6 aromatic rings. The van der Waals surface area contributed by atoms with E-state index in [0.29, 0.717) is 0 Å². The average Bonchev–Trinajstić information content (AvgIpc) is 3.25. The molecule has 0 fully saturated rings. The number of aromatic nitrogens is 3. The maximum Gasteiger partial charge on any atom is 0.169 e. The summed E-state index contributed by atoms with van der Waals surface area (Å²) in [6.07, 6.45) is 0. The van der Waals surface area contributed by atoms with Crippen molar-refractivity contribution in [3.05, 3.63) is 101 Å². The monoisotopic (exact) mass is 497 g/mol. The summed E-state index contributed by atoms with van der Waals surface area (Å²) < 4.78 is 3.40. The van der Waals surface area contributed by atoms with Gasteiger partial charge in [0.05, 0.1) is 5.52 Å². The first-order valence-corrected chi connectivity index (χ1v) is 10.9. The fourth-order valence-corrected chi connectivity index (χ4v) is 4.74. The Morgan fingerprint density at radius 3 is 2.13 bits per heavy atom. The largest absolute Gasteiger partial charge is 0.274 e. The molecule has 0 atom stereocenters. The average molecular weight is 497 g/mol. The number of hydrogen-bond acceptors (Lipinski definition) is 2. The lowest BCUT2D eigenvalue weighted by atomic mass is 9.95. The Hall–Kier alpha value is -3.25. The molecule has 0 spiro atoms. The summed E-state index contributed by atoms with van der Waals surface area (Å²) in [5.74, 6) is 0.865. The van der Waals surface area contributed by atoms with E-state index < -0.39 is 0 Å². The molecule has 0 aliphatic heterocycles. The van der Waals surface area contributed by atoms with Gasteiger partial charge in [-0.05, 0) is 51.9 Å². The van der Waals surface area contributed by atoms with E-state index >= 15 is 0 Å². The third kappa shape index (κ3) is 2.64. The molecule has 4 heteroatoms. The Bertz CT molecular complexity index is 1540. The van der Waals surface area contributed by atoms with E-state index in [9.17, 15) is 0 Å². The molecule has 3 nitrogen and oxygen atoms in total. The van der Waals surface area contributed by atoms with Crippen molar-refractivity contribution in [3.8, 4) is 22.5 Å². The summed E-state index contributed by atoms with van der Waals surface area (Å²) in [6.45, 7) is 0. The highest BCUT2D eigenvalue weighted by molar-refractivity contribution is 14.1. The van der Waals surface area contributed by atoms with Crippen LogP contribution in [0.4, 0.5) is 0 Å². The molecule has 2 heterocycles. The molecule has 0 amide bonds. The van der Waals surface area contributed by atoms with Gasteiger partial charge in [-0.3, -0.25) is 4.40 Å². The molecular weight excluding hydrogens is 481 g/mol. The lowest BCUT2D eigenvalue weighted by molar-refractivity contribution is 1.12. The van der Waals surface area contributed by atoms with Crippen LogP contribution in [-0.2, 0) is 0 Å². The van der Waals surface area contributed by atoms with Crippen LogP contribution in [0.3, 0.4) is 0 Å². The molecule has 30 heavy (non-hydrogen) atoms. The number of hydrogen-bond donors (Lipinski definition) is 0. The van der Waals surface area contributed by atoms with E-state index in [2.05, 4.69) is 116 Å². The number of rotatable bonds is 2. The van der Waals surface area contributed by atoms with Crippen LogP contribution < -0.4 is 0 Å². The van der Waals surface area contributed by atoms with Crippen LogP contribution >= 0.6 is 22.6 Å². The van der Waals surface area contributed by atoms with Gasteiger partial charge in [-0.25, -0.2) is 0 Å². The molecular formula is C26H16IN3. The minimum atomic E-state index is 0.865. The van der Waals surface area contributed by atoms with Gasteiger partial charge in [0.15, 0.2) is 11.5 Å². The van der Waals surface area contributed by atoms with E-state index in [-0.39, 0.29) is 0 Å². The topological polar surface area (TPSA) is 30.2 Å². The van der Waals surface area contributed by atoms with Crippen LogP contribution in [0.1, 0.15) is 0 Å². The second-order valence-electron chi connectivity index (χ2n) is 7.30. The van der Waals surface area contributed by atoms with Crippen LogP contribution in [0, 0.1) is 3.57 Å². The molecule has 0 saturated heterocycles. The molecule has 0 N–H and O–H groups in total. The number of pyridine rings is 1. The van der Waals surface area contributed by atoms with Crippen LogP contribution in [0.25, 0.3) is 49.8 Å². The smallest absolute Gasteiger partial charge is 0.169 e. The lowest BCUT2D eigenvalue weighted by Gasteiger charge is -2.14. The minimum Gasteiger partial charge on any atom is -0.274 e. The second-order valence-corrected chi connectivity index (χ2v) is 8.55. The number of halogens is 1. The van der Waals surface area contributed by atoms with Crippen molar-refractivity contribution in [2.75, 3.05) is 0 Å². The molecule has 2 aromatic heterocycles. The first-order chi connectivity index (χ1) is 14.8. The standard InChI is InChI=1S/C26H16IN3/c27-19-14-15-23-22(16-19)24-20(17-8-3-1-4-9-17)12-7-13-21(24)26-29-28-25(30(23)26)18-10-5-2-6-11-18/h1-16H. The zero-order chi connectivity index (χ0) is 20.1. The summed E-state index contributed by atoms with van der Waals surface area (Å²) in [7, 11) is 0. The normalized spacial score (nSPS) is 11.5. The molecule has 142 valence electrons. The molecule has 0 radical (unpaired) electrons. The highest BCUT2D eigenvalue weighted by Gasteiger charge is 2.18. The van der Waals surface area contributed by atoms with Crippen molar-refractivity contribution in [2.24, 2.45) is 0 Å². The summed E-state index contributed by atoms with van der Waals surface area (Å²) in [5, 5.41) is 12.8. The van der Waals surface area contributed by atoms with E-state index in [1.807, 2.05) is 18.2 Å². The van der Waals surface area contributed by atoms with Crippen molar-refractivity contribution >= 4 is 49.9 Å². The van der Waals surface area contributed by atoms with Crippen LogP contribution in [0.15, 0.2) is 97.1 Å². The SMILES string of the molecule is Ic1ccc2c(c1)c1c(-c3ccccc3)cccc1c1nnc(-c3ccccc3)n21. The van der Waals surface area contributed by atoms with E-state index in [0.717, 1.165) is 27.9 Å². The number of benzene rings is 4. The molecule has 0 saturated carbocycles. The number of fused-ring (bicyclic) bond motifs is 6. The summed E-state index contributed by atoms with van der Waals surface area (Å²) in [4.78, 5) is 0. The summed E-state index contributed by atoms with van der Waals surface area (Å²) in [5.41, 5.74) is 5.48. The highest BCUT2D eigenvalue weighted by Crippen LogP contribution is 2.38. The van der Waals surface area contributed by atoms with Gasteiger partial charge in [0.25, 0.3) is 0 Å². The molecule has 0 bridgehead atoms. The second kappa shape index (κ2) is 6.92. The van der Waals surface area contributed by atoms with Crippen molar-refractivity contribution in [1.82, 2.24) is 14.6 Å². The zero-order valence-corrected chi connectivity index (χ0v) is 18.1. The van der Waals surface area contributed by atoms with Gasteiger partial charge in [0.1, 0.15) is 0 Å². The molecule has 4 aromatic carbocycles. The van der Waals surface area contributed by atoms with Gasteiger partial charge < -0.3 is 0 Å². The first kappa shape index (κ1) is 17.6.